The van der Waals surface area contributed by atoms with Crippen LogP contribution in [-0.2, 0) is 23.3 Å². The molecule has 25 heavy (non-hydrogen) atoms. The number of hydrogen-bond acceptors (Lipinski definition) is 4. The van der Waals surface area contributed by atoms with Gasteiger partial charge in [-0.25, -0.2) is 0 Å². The Kier molecular flexibility index (Phi) is 4.07. The number of fused-ring (bicyclic) bond motifs is 1. The number of benzene rings is 1. The Morgan fingerprint density at radius 1 is 1.20 bits per heavy atom. The SMILES string of the molecule is CC(N)(C(=O)N1CCCC(c2nnc3n2CCC3)C1)c1ccccc1. The lowest BCUT2D eigenvalue weighted by Crippen LogP contribution is -2.53. The highest BCUT2D eigenvalue weighted by Crippen LogP contribution is 2.30. The molecule has 1 amide bonds. The maximum Gasteiger partial charge on any atom is 0.246 e. The molecule has 0 spiro atoms. The maximum absolute atomic E-state index is 13.1. The van der Waals surface area contributed by atoms with Crippen molar-refractivity contribution in [3.63, 3.8) is 0 Å². The number of hydrogen-bond donors (Lipinski definition) is 1. The van der Waals surface area contributed by atoms with E-state index < -0.39 is 5.54 Å². The molecule has 4 rings (SSSR count). The van der Waals surface area contributed by atoms with Crippen molar-refractivity contribution in [1.29, 1.82) is 0 Å². The Labute approximate surface area is 148 Å². The molecule has 132 valence electrons. The molecule has 2 atom stereocenters. The molecule has 2 aliphatic heterocycles. The number of piperidine rings is 1. The average molecular weight is 339 g/mol. The van der Waals surface area contributed by atoms with Gasteiger partial charge in [-0.05, 0) is 31.7 Å². The predicted molar refractivity (Wildman–Crippen MR) is 94.9 cm³/mol. The number of rotatable bonds is 3. The molecule has 0 aliphatic carbocycles. The second kappa shape index (κ2) is 6.26. The number of aromatic nitrogens is 3. The summed E-state index contributed by atoms with van der Waals surface area (Å²) >= 11 is 0. The van der Waals surface area contributed by atoms with Gasteiger partial charge in [0.2, 0.25) is 5.91 Å². The smallest absolute Gasteiger partial charge is 0.246 e. The largest absolute Gasteiger partial charge is 0.340 e. The van der Waals surface area contributed by atoms with Gasteiger partial charge in [0.25, 0.3) is 0 Å². The summed E-state index contributed by atoms with van der Waals surface area (Å²) in [6, 6.07) is 9.63. The minimum atomic E-state index is -1.00. The van der Waals surface area contributed by atoms with E-state index in [0.717, 1.165) is 56.0 Å². The number of amides is 1. The van der Waals surface area contributed by atoms with Crippen LogP contribution < -0.4 is 5.73 Å². The van der Waals surface area contributed by atoms with Crippen molar-refractivity contribution in [2.45, 2.75) is 50.6 Å². The molecule has 1 aromatic heterocycles. The summed E-state index contributed by atoms with van der Waals surface area (Å²) in [5.74, 6) is 2.38. The molecule has 2 aromatic rings. The van der Waals surface area contributed by atoms with Crippen molar-refractivity contribution in [1.82, 2.24) is 19.7 Å². The molecule has 1 saturated heterocycles. The summed E-state index contributed by atoms with van der Waals surface area (Å²) in [6.07, 6.45) is 4.18. The van der Waals surface area contributed by atoms with Crippen molar-refractivity contribution in [3.05, 3.63) is 47.5 Å². The van der Waals surface area contributed by atoms with Crippen LogP contribution in [0.25, 0.3) is 0 Å². The molecule has 3 heterocycles. The van der Waals surface area contributed by atoms with Crippen molar-refractivity contribution < 1.29 is 4.79 Å². The standard InChI is InChI=1S/C19H25N5O/c1-19(20,15-8-3-2-4-9-15)18(25)23-11-5-7-14(13-23)17-22-21-16-10-6-12-24(16)17/h2-4,8-9,14H,5-7,10-13,20H2,1H3. The minimum Gasteiger partial charge on any atom is -0.340 e. The minimum absolute atomic E-state index is 0.00967. The van der Waals surface area contributed by atoms with E-state index in [1.807, 2.05) is 42.2 Å². The fourth-order valence-electron chi connectivity index (χ4n) is 4.08. The lowest BCUT2D eigenvalue weighted by Gasteiger charge is -2.37. The topological polar surface area (TPSA) is 77.0 Å². The summed E-state index contributed by atoms with van der Waals surface area (Å²) < 4.78 is 2.25. The zero-order valence-electron chi connectivity index (χ0n) is 14.7. The summed E-state index contributed by atoms with van der Waals surface area (Å²) in [5, 5.41) is 8.74. The third-order valence-corrected chi connectivity index (χ3v) is 5.53. The van der Waals surface area contributed by atoms with Gasteiger partial charge < -0.3 is 15.2 Å². The molecule has 6 heteroatoms. The molecule has 2 aliphatic rings. The summed E-state index contributed by atoms with van der Waals surface area (Å²) in [7, 11) is 0. The molecule has 0 saturated carbocycles. The van der Waals surface area contributed by atoms with Crippen molar-refractivity contribution in [2.75, 3.05) is 13.1 Å². The van der Waals surface area contributed by atoms with Gasteiger partial charge in [-0.1, -0.05) is 30.3 Å². The van der Waals surface area contributed by atoms with E-state index in [4.69, 9.17) is 5.73 Å². The molecule has 6 nitrogen and oxygen atoms in total. The molecule has 2 N–H and O–H groups in total. The van der Waals surface area contributed by atoms with Crippen LogP contribution in [0.3, 0.4) is 0 Å². The third-order valence-electron chi connectivity index (χ3n) is 5.53. The normalized spacial score (nSPS) is 22.5. The van der Waals surface area contributed by atoms with E-state index in [1.54, 1.807) is 0 Å². The van der Waals surface area contributed by atoms with E-state index >= 15 is 0 Å². The van der Waals surface area contributed by atoms with Gasteiger partial charge in [0.05, 0.1) is 0 Å². The Morgan fingerprint density at radius 3 is 2.80 bits per heavy atom. The van der Waals surface area contributed by atoms with Crippen LogP contribution in [0.1, 0.15) is 49.3 Å². The fraction of sp³-hybridized carbons (Fsp3) is 0.526. The highest BCUT2D eigenvalue weighted by Gasteiger charge is 2.38. The number of likely N-dealkylation sites (tertiary alicyclic amines) is 1. The molecule has 1 aromatic carbocycles. The zero-order chi connectivity index (χ0) is 17.4. The van der Waals surface area contributed by atoms with Gasteiger partial charge in [-0.3, -0.25) is 4.79 Å². The second-order valence-electron chi connectivity index (χ2n) is 7.39. The highest BCUT2D eigenvalue weighted by molar-refractivity contribution is 5.87. The highest BCUT2D eigenvalue weighted by atomic mass is 16.2. The van der Waals surface area contributed by atoms with Gasteiger partial charge in [0.15, 0.2) is 0 Å². The van der Waals surface area contributed by atoms with Crippen molar-refractivity contribution in [3.8, 4) is 0 Å². The van der Waals surface area contributed by atoms with Crippen LogP contribution in [0.4, 0.5) is 0 Å². The Balaban J connectivity index is 1.54. The first kappa shape index (κ1) is 16.3. The van der Waals surface area contributed by atoms with Gasteiger partial charge >= 0.3 is 0 Å². The van der Waals surface area contributed by atoms with E-state index in [9.17, 15) is 4.79 Å². The molecule has 2 unspecified atom stereocenters. The molecule has 0 bridgehead atoms. The second-order valence-corrected chi connectivity index (χ2v) is 7.39. The monoisotopic (exact) mass is 339 g/mol. The van der Waals surface area contributed by atoms with Crippen LogP contribution in [0, 0.1) is 0 Å². The first-order valence-electron chi connectivity index (χ1n) is 9.13. The van der Waals surface area contributed by atoms with Crippen LogP contribution in [-0.4, -0.2) is 38.7 Å². The Hall–Kier alpha value is -2.21. The number of nitrogens with zero attached hydrogens (tertiary/aromatic N) is 4. The molecule has 1 fully saturated rings. The van der Waals surface area contributed by atoms with Crippen molar-refractivity contribution >= 4 is 5.91 Å². The number of aryl methyl sites for hydroxylation is 1. The van der Waals surface area contributed by atoms with Crippen LogP contribution in [0.15, 0.2) is 30.3 Å². The number of carbonyl (C=O) groups excluding carboxylic acids is 1. The zero-order valence-corrected chi connectivity index (χ0v) is 14.7. The first-order valence-corrected chi connectivity index (χ1v) is 9.13. The van der Waals surface area contributed by atoms with E-state index in [2.05, 4.69) is 14.8 Å². The summed E-state index contributed by atoms with van der Waals surface area (Å²) in [6.45, 7) is 4.25. The van der Waals surface area contributed by atoms with Gasteiger partial charge in [-0.15, -0.1) is 10.2 Å². The lowest BCUT2D eigenvalue weighted by molar-refractivity contribution is -0.138. The van der Waals surface area contributed by atoms with Gasteiger partial charge in [0, 0.05) is 32.0 Å². The van der Waals surface area contributed by atoms with Gasteiger partial charge in [0.1, 0.15) is 17.2 Å². The summed E-state index contributed by atoms with van der Waals surface area (Å²) in [4.78, 5) is 15.0. The number of nitrogens with two attached hydrogens (primary N) is 1. The van der Waals surface area contributed by atoms with Gasteiger partial charge in [-0.2, -0.15) is 0 Å². The Morgan fingerprint density at radius 2 is 2.00 bits per heavy atom. The fourth-order valence-corrected chi connectivity index (χ4v) is 4.08. The van der Waals surface area contributed by atoms with E-state index in [1.165, 1.54) is 0 Å². The van der Waals surface area contributed by atoms with E-state index in [-0.39, 0.29) is 11.8 Å². The Bertz CT molecular complexity index is 767. The maximum atomic E-state index is 13.1. The predicted octanol–water partition coefficient (Wildman–Crippen LogP) is 1.80. The first-order chi connectivity index (χ1) is 12.1. The number of carbonyl (C=O) groups is 1. The van der Waals surface area contributed by atoms with Crippen LogP contribution >= 0.6 is 0 Å². The summed E-state index contributed by atoms with van der Waals surface area (Å²) in [5.41, 5.74) is 6.29. The molecular weight excluding hydrogens is 314 g/mol. The van der Waals surface area contributed by atoms with Crippen molar-refractivity contribution in [2.24, 2.45) is 5.73 Å². The average Bonchev–Trinajstić information content (AvgIpc) is 3.25. The third kappa shape index (κ3) is 2.84. The lowest BCUT2D eigenvalue weighted by atomic mass is 9.89. The van der Waals surface area contributed by atoms with E-state index in [0.29, 0.717) is 6.54 Å². The van der Waals surface area contributed by atoms with Crippen LogP contribution in [0.2, 0.25) is 0 Å². The molecular formula is C19H25N5O. The molecule has 0 radical (unpaired) electrons. The quantitative estimate of drug-likeness (QED) is 0.925. The van der Waals surface area contributed by atoms with Crippen LogP contribution in [0.5, 0.6) is 0 Å².